The van der Waals surface area contributed by atoms with Gasteiger partial charge in [-0.2, -0.15) is 0 Å². The van der Waals surface area contributed by atoms with E-state index in [2.05, 4.69) is 5.32 Å². The Labute approximate surface area is 142 Å². The van der Waals surface area contributed by atoms with Gasteiger partial charge in [-0.25, -0.2) is 0 Å². The van der Waals surface area contributed by atoms with Crippen molar-refractivity contribution < 1.29 is 19.4 Å². The molecule has 0 aliphatic heterocycles. The number of anilines is 1. The van der Waals surface area contributed by atoms with E-state index < -0.39 is 11.4 Å². The van der Waals surface area contributed by atoms with Crippen molar-refractivity contribution in [2.24, 2.45) is 5.41 Å². The van der Waals surface area contributed by atoms with Crippen LogP contribution in [0.25, 0.3) is 0 Å². The van der Waals surface area contributed by atoms with Gasteiger partial charge < -0.3 is 15.2 Å². The van der Waals surface area contributed by atoms with E-state index in [1.54, 1.807) is 32.0 Å². The van der Waals surface area contributed by atoms with Crippen LogP contribution in [0.3, 0.4) is 0 Å². The molecule has 1 amide bonds. The third kappa shape index (κ3) is 4.86. The fourth-order valence-corrected chi connectivity index (χ4v) is 2.56. The van der Waals surface area contributed by atoms with Gasteiger partial charge in [0, 0.05) is 6.42 Å². The molecular formula is C17H24ClNO4. The number of ether oxygens (including phenoxy) is 1. The number of rotatable bonds is 8. The topological polar surface area (TPSA) is 75.6 Å². The van der Waals surface area contributed by atoms with Crippen molar-refractivity contribution in [2.45, 2.75) is 53.1 Å². The molecule has 0 spiro atoms. The van der Waals surface area contributed by atoms with Crippen LogP contribution in [-0.4, -0.2) is 23.1 Å². The molecule has 128 valence electrons. The molecule has 0 atom stereocenters. The quantitative estimate of drug-likeness (QED) is 0.737. The van der Waals surface area contributed by atoms with E-state index in [9.17, 15) is 14.7 Å². The third-order valence-electron chi connectivity index (χ3n) is 3.90. The van der Waals surface area contributed by atoms with Crippen LogP contribution >= 0.6 is 11.6 Å². The first-order valence-corrected chi connectivity index (χ1v) is 8.12. The molecule has 0 aromatic heterocycles. The minimum absolute atomic E-state index is 0.0943. The number of carboxylic acids is 1. The van der Waals surface area contributed by atoms with Crippen molar-refractivity contribution in [3.8, 4) is 5.75 Å². The summed E-state index contributed by atoms with van der Waals surface area (Å²) in [6.07, 6.45) is 0.576. The second-order valence-corrected chi connectivity index (χ2v) is 6.21. The summed E-state index contributed by atoms with van der Waals surface area (Å²) in [6, 6.07) is 5.06. The van der Waals surface area contributed by atoms with Crippen LogP contribution in [0.1, 0.15) is 47.0 Å². The first kappa shape index (κ1) is 19.3. The lowest BCUT2D eigenvalue weighted by atomic mass is 9.79. The summed E-state index contributed by atoms with van der Waals surface area (Å²) < 4.78 is 5.64. The summed E-state index contributed by atoms with van der Waals surface area (Å²) in [7, 11) is 0. The molecule has 0 saturated heterocycles. The molecule has 6 heteroatoms. The number of carbonyl (C=O) groups excluding carboxylic acids is 1. The zero-order valence-electron chi connectivity index (χ0n) is 14.0. The molecule has 0 radical (unpaired) electrons. The van der Waals surface area contributed by atoms with Gasteiger partial charge in [0.2, 0.25) is 5.91 Å². The maximum atomic E-state index is 12.3. The number of hydrogen-bond acceptors (Lipinski definition) is 3. The zero-order chi connectivity index (χ0) is 17.6. The third-order valence-corrected chi connectivity index (χ3v) is 4.20. The number of para-hydroxylation sites is 1. The molecule has 1 aromatic carbocycles. The molecule has 1 aromatic rings. The van der Waals surface area contributed by atoms with E-state index >= 15 is 0 Å². The molecule has 0 saturated carbocycles. The Hall–Kier alpha value is -1.75. The lowest BCUT2D eigenvalue weighted by molar-refractivity contribution is -0.151. The summed E-state index contributed by atoms with van der Waals surface area (Å²) in [5, 5.41) is 12.5. The predicted molar refractivity (Wildman–Crippen MR) is 91.1 cm³/mol. The highest BCUT2D eigenvalue weighted by Crippen LogP contribution is 2.35. The Morgan fingerprint density at radius 1 is 1.30 bits per heavy atom. The zero-order valence-corrected chi connectivity index (χ0v) is 14.7. The Balaban J connectivity index is 2.97. The standard InChI is InChI=1S/C17H24ClNO4/c1-5-17(6-2,16(21)22)10-14(20)19-13-9-7-8-12(18)15(13)23-11(3)4/h7-9,11H,5-6,10H2,1-4H3,(H,19,20)(H,21,22). The maximum Gasteiger partial charge on any atom is 0.310 e. The van der Waals surface area contributed by atoms with E-state index in [1.165, 1.54) is 0 Å². The van der Waals surface area contributed by atoms with Crippen molar-refractivity contribution in [1.82, 2.24) is 0 Å². The van der Waals surface area contributed by atoms with Gasteiger partial charge in [0.05, 0.1) is 22.2 Å². The van der Waals surface area contributed by atoms with E-state index in [0.29, 0.717) is 29.3 Å². The summed E-state index contributed by atoms with van der Waals surface area (Å²) in [4.78, 5) is 23.8. The SMILES string of the molecule is CCC(CC)(CC(=O)Nc1cccc(Cl)c1OC(C)C)C(=O)O. The summed E-state index contributed by atoms with van der Waals surface area (Å²) >= 11 is 6.12. The second-order valence-electron chi connectivity index (χ2n) is 5.80. The van der Waals surface area contributed by atoms with E-state index in [0.717, 1.165) is 0 Å². The summed E-state index contributed by atoms with van der Waals surface area (Å²) in [6.45, 7) is 7.27. The van der Waals surface area contributed by atoms with Crippen LogP contribution in [-0.2, 0) is 9.59 Å². The number of amides is 1. The van der Waals surface area contributed by atoms with Gasteiger partial charge in [-0.15, -0.1) is 0 Å². The number of carboxylic acid groups (broad SMARTS) is 1. The van der Waals surface area contributed by atoms with Gasteiger partial charge in [-0.3, -0.25) is 9.59 Å². The molecule has 0 aliphatic carbocycles. The van der Waals surface area contributed by atoms with Gasteiger partial charge in [0.15, 0.2) is 5.75 Å². The number of halogens is 1. The molecule has 2 N–H and O–H groups in total. The minimum atomic E-state index is -1.05. The molecule has 0 fully saturated rings. The fraction of sp³-hybridized carbons (Fsp3) is 0.529. The van der Waals surface area contributed by atoms with Gasteiger partial charge >= 0.3 is 5.97 Å². The van der Waals surface area contributed by atoms with Crippen LogP contribution < -0.4 is 10.1 Å². The Morgan fingerprint density at radius 2 is 1.91 bits per heavy atom. The van der Waals surface area contributed by atoms with E-state index in [4.69, 9.17) is 16.3 Å². The summed E-state index contributed by atoms with van der Waals surface area (Å²) in [5.41, 5.74) is -0.607. The molecular weight excluding hydrogens is 318 g/mol. The normalized spacial score (nSPS) is 11.4. The van der Waals surface area contributed by atoms with Crippen LogP contribution in [0.5, 0.6) is 5.75 Å². The molecule has 0 bridgehead atoms. The monoisotopic (exact) mass is 341 g/mol. The number of carbonyl (C=O) groups is 2. The largest absolute Gasteiger partial charge is 0.487 e. The number of aliphatic carboxylic acids is 1. The van der Waals surface area contributed by atoms with E-state index in [-0.39, 0.29) is 18.4 Å². The highest BCUT2D eigenvalue weighted by atomic mass is 35.5. The van der Waals surface area contributed by atoms with Gasteiger partial charge in [-0.1, -0.05) is 31.5 Å². The van der Waals surface area contributed by atoms with Crippen molar-refractivity contribution in [3.63, 3.8) is 0 Å². The van der Waals surface area contributed by atoms with Crippen molar-refractivity contribution in [3.05, 3.63) is 23.2 Å². The van der Waals surface area contributed by atoms with Crippen molar-refractivity contribution in [2.75, 3.05) is 5.32 Å². The fourth-order valence-electron chi connectivity index (χ4n) is 2.34. The molecule has 5 nitrogen and oxygen atoms in total. The lowest BCUT2D eigenvalue weighted by Crippen LogP contribution is -2.34. The average molecular weight is 342 g/mol. The maximum absolute atomic E-state index is 12.3. The Kier molecular flexibility index (Phi) is 6.88. The molecule has 0 heterocycles. The van der Waals surface area contributed by atoms with Gasteiger partial charge in [0.25, 0.3) is 0 Å². The summed E-state index contributed by atoms with van der Waals surface area (Å²) in [5.74, 6) is -0.930. The average Bonchev–Trinajstić information content (AvgIpc) is 2.47. The first-order chi connectivity index (χ1) is 10.8. The van der Waals surface area contributed by atoms with Gasteiger partial charge in [0.1, 0.15) is 0 Å². The molecule has 0 unspecified atom stereocenters. The smallest absolute Gasteiger partial charge is 0.310 e. The van der Waals surface area contributed by atoms with E-state index in [1.807, 2.05) is 13.8 Å². The van der Waals surface area contributed by atoms with Gasteiger partial charge in [-0.05, 0) is 38.8 Å². The molecule has 23 heavy (non-hydrogen) atoms. The Bertz CT molecular complexity index is 568. The highest BCUT2D eigenvalue weighted by molar-refractivity contribution is 6.32. The predicted octanol–water partition coefficient (Wildman–Crippen LogP) is 4.35. The minimum Gasteiger partial charge on any atom is -0.487 e. The number of benzene rings is 1. The second kappa shape index (κ2) is 8.20. The van der Waals surface area contributed by atoms with Crippen molar-refractivity contribution in [1.29, 1.82) is 0 Å². The number of hydrogen-bond donors (Lipinski definition) is 2. The number of nitrogens with one attached hydrogen (secondary N) is 1. The molecule has 0 aliphatic rings. The van der Waals surface area contributed by atoms with Crippen LogP contribution in [0.15, 0.2) is 18.2 Å². The van der Waals surface area contributed by atoms with Crippen LogP contribution in [0.4, 0.5) is 5.69 Å². The lowest BCUT2D eigenvalue weighted by Gasteiger charge is -2.26. The molecule has 1 rings (SSSR count). The highest BCUT2D eigenvalue weighted by Gasteiger charge is 2.37. The van der Waals surface area contributed by atoms with Crippen molar-refractivity contribution >= 4 is 29.2 Å². The van der Waals surface area contributed by atoms with Crippen LogP contribution in [0, 0.1) is 5.41 Å². The Morgan fingerprint density at radius 3 is 2.39 bits per heavy atom. The first-order valence-electron chi connectivity index (χ1n) is 7.74. The van der Waals surface area contributed by atoms with Crippen LogP contribution in [0.2, 0.25) is 5.02 Å².